The second-order valence-electron chi connectivity index (χ2n) is 6.44. The van der Waals surface area contributed by atoms with Gasteiger partial charge in [0.25, 0.3) is 0 Å². The summed E-state index contributed by atoms with van der Waals surface area (Å²) in [6.45, 7) is 3.96. The van der Waals surface area contributed by atoms with Gasteiger partial charge in [0, 0.05) is 11.6 Å². The van der Waals surface area contributed by atoms with Crippen molar-refractivity contribution >= 4 is 9.84 Å². The Kier molecular flexibility index (Phi) is 2.98. The van der Waals surface area contributed by atoms with Crippen molar-refractivity contribution in [3.63, 3.8) is 0 Å². The van der Waals surface area contributed by atoms with Crippen molar-refractivity contribution in [1.29, 1.82) is 0 Å². The van der Waals surface area contributed by atoms with Gasteiger partial charge in [-0.25, -0.2) is 8.42 Å². The predicted molar refractivity (Wildman–Crippen MR) is 76.9 cm³/mol. The molecule has 4 heteroatoms. The van der Waals surface area contributed by atoms with Gasteiger partial charge in [-0.2, -0.15) is 0 Å². The third-order valence-corrected chi connectivity index (χ3v) is 6.82. The molecule has 0 spiro atoms. The fourth-order valence-corrected chi connectivity index (χ4v) is 6.01. The van der Waals surface area contributed by atoms with E-state index in [1.807, 2.05) is 26.0 Å². The summed E-state index contributed by atoms with van der Waals surface area (Å²) in [5.41, 5.74) is 2.13. The van der Waals surface area contributed by atoms with Crippen LogP contribution in [-0.4, -0.2) is 25.0 Å². The Morgan fingerprint density at radius 2 is 2.00 bits per heavy atom. The van der Waals surface area contributed by atoms with E-state index in [0.717, 1.165) is 19.3 Å². The van der Waals surface area contributed by atoms with Gasteiger partial charge >= 0.3 is 0 Å². The molecule has 3 rings (SSSR count). The Hall–Kier alpha value is -0.870. The first-order valence-corrected chi connectivity index (χ1v) is 8.68. The summed E-state index contributed by atoms with van der Waals surface area (Å²) in [4.78, 5) is 0. The largest absolute Gasteiger partial charge is 0.303 e. The first-order chi connectivity index (χ1) is 8.89. The molecule has 1 fully saturated rings. The second-order valence-corrected chi connectivity index (χ2v) is 8.66. The third-order valence-electron chi connectivity index (χ3n) is 4.27. The normalized spacial score (nSPS) is 31.9. The highest BCUT2D eigenvalue weighted by Crippen LogP contribution is 2.38. The van der Waals surface area contributed by atoms with Gasteiger partial charge in [0.2, 0.25) is 0 Å². The van der Waals surface area contributed by atoms with Crippen molar-refractivity contribution in [1.82, 2.24) is 5.32 Å². The molecule has 1 saturated heterocycles. The SMILES string of the molecule is CC1(C)CS(=O)(=O)C2CCCc3ccccc3C2N1. The molecule has 1 aliphatic heterocycles. The van der Waals surface area contributed by atoms with Gasteiger partial charge in [-0.15, -0.1) is 0 Å². The number of nitrogens with one attached hydrogen (secondary N) is 1. The van der Waals surface area contributed by atoms with E-state index in [9.17, 15) is 8.42 Å². The van der Waals surface area contributed by atoms with E-state index in [-0.39, 0.29) is 22.6 Å². The summed E-state index contributed by atoms with van der Waals surface area (Å²) in [6, 6.07) is 8.22. The average Bonchev–Trinajstić information content (AvgIpc) is 2.47. The maximum absolute atomic E-state index is 12.6. The van der Waals surface area contributed by atoms with Crippen LogP contribution in [-0.2, 0) is 16.3 Å². The third kappa shape index (κ3) is 2.32. The molecule has 104 valence electrons. The van der Waals surface area contributed by atoms with Crippen molar-refractivity contribution in [2.45, 2.75) is 49.9 Å². The summed E-state index contributed by atoms with van der Waals surface area (Å²) in [5.74, 6) is 0.239. The van der Waals surface area contributed by atoms with Crippen LogP contribution in [0.4, 0.5) is 0 Å². The summed E-state index contributed by atoms with van der Waals surface area (Å²) >= 11 is 0. The van der Waals surface area contributed by atoms with E-state index in [1.165, 1.54) is 11.1 Å². The fraction of sp³-hybridized carbons (Fsp3) is 0.600. The van der Waals surface area contributed by atoms with E-state index in [1.54, 1.807) is 0 Å². The smallest absolute Gasteiger partial charge is 0.156 e. The van der Waals surface area contributed by atoms with Crippen LogP contribution in [0.1, 0.15) is 43.9 Å². The summed E-state index contributed by atoms with van der Waals surface area (Å²) in [6.07, 6.45) is 2.71. The van der Waals surface area contributed by atoms with Gasteiger partial charge in [0.1, 0.15) is 0 Å². The molecular weight excluding hydrogens is 258 g/mol. The lowest BCUT2D eigenvalue weighted by Crippen LogP contribution is -2.58. The summed E-state index contributed by atoms with van der Waals surface area (Å²) in [7, 11) is -3.02. The minimum Gasteiger partial charge on any atom is -0.303 e. The highest BCUT2D eigenvalue weighted by atomic mass is 32.2. The van der Waals surface area contributed by atoms with Crippen molar-refractivity contribution in [3.05, 3.63) is 35.4 Å². The molecule has 0 bridgehead atoms. The van der Waals surface area contributed by atoms with Crippen LogP contribution in [0.3, 0.4) is 0 Å². The molecule has 2 aliphatic rings. The highest BCUT2D eigenvalue weighted by molar-refractivity contribution is 7.92. The van der Waals surface area contributed by atoms with Crippen LogP contribution >= 0.6 is 0 Å². The number of fused-ring (bicyclic) bond motifs is 3. The highest BCUT2D eigenvalue weighted by Gasteiger charge is 2.45. The molecule has 3 nitrogen and oxygen atoms in total. The van der Waals surface area contributed by atoms with Crippen molar-refractivity contribution in [3.8, 4) is 0 Å². The first-order valence-electron chi connectivity index (χ1n) is 6.96. The van der Waals surface area contributed by atoms with Gasteiger partial charge in [-0.05, 0) is 44.2 Å². The monoisotopic (exact) mass is 279 g/mol. The van der Waals surface area contributed by atoms with E-state index in [0.29, 0.717) is 0 Å². The molecule has 2 atom stereocenters. The van der Waals surface area contributed by atoms with Gasteiger partial charge < -0.3 is 5.32 Å². The average molecular weight is 279 g/mol. The number of sulfone groups is 1. The first kappa shape index (κ1) is 13.1. The number of benzene rings is 1. The molecule has 1 aliphatic carbocycles. The molecule has 0 aromatic heterocycles. The van der Waals surface area contributed by atoms with E-state index in [4.69, 9.17) is 0 Å². The van der Waals surface area contributed by atoms with E-state index < -0.39 is 9.84 Å². The Morgan fingerprint density at radius 1 is 1.26 bits per heavy atom. The summed E-state index contributed by atoms with van der Waals surface area (Å²) in [5, 5.41) is 3.31. The quantitative estimate of drug-likeness (QED) is 0.792. The molecule has 0 saturated carbocycles. The lowest BCUT2D eigenvalue weighted by Gasteiger charge is -2.41. The van der Waals surface area contributed by atoms with Crippen molar-refractivity contribution in [2.24, 2.45) is 0 Å². The zero-order chi connectivity index (χ0) is 13.7. The molecule has 0 radical (unpaired) electrons. The molecule has 2 unspecified atom stereocenters. The maximum atomic E-state index is 12.6. The lowest BCUT2D eigenvalue weighted by atomic mass is 9.95. The molecule has 1 N–H and O–H groups in total. The molecule has 1 aromatic carbocycles. The lowest BCUT2D eigenvalue weighted by molar-refractivity contribution is 0.324. The zero-order valence-corrected chi connectivity index (χ0v) is 12.3. The van der Waals surface area contributed by atoms with Crippen molar-refractivity contribution in [2.75, 3.05) is 5.75 Å². The minimum absolute atomic E-state index is 0.0487. The van der Waals surface area contributed by atoms with Crippen LogP contribution in [0.5, 0.6) is 0 Å². The molecule has 0 amide bonds. The van der Waals surface area contributed by atoms with Crippen molar-refractivity contribution < 1.29 is 8.42 Å². The summed E-state index contributed by atoms with van der Waals surface area (Å²) < 4.78 is 25.1. The Morgan fingerprint density at radius 3 is 2.79 bits per heavy atom. The number of rotatable bonds is 0. The fourth-order valence-electron chi connectivity index (χ4n) is 3.56. The molecular formula is C15H21NO2S. The minimum atomic E-state index is -3.02. The van der Waals surface area contributed by atoms with E-state index >= 15 is 0 Å². The van der Waals surface area contributed by atoms with Crippen LogP contribution in [0.25, 0.3) is 0 Å². The molecule has 1 heterocycles. The standard InChI is InChI=1S/C15H21NO2S/c1-15(2)10-19(17,18)13-9-5-7-11-6-3-4-8-12(11)14(13)16-15/h3-4,6,8,13-14,16H,5,7,9-10H2,1-2H3. The van der Waals surface area contributed by atoms with Gasteiger partial charge in [-0.1, -0.05) is 24.3 Å². The number of hydrogen-bond donors (Lipinski definition) is 1. The number of aryl methyl sites for hydroxylation is 1. The molecule has 19 heavy (non-hydrogen) atoms. The number of hydrogen-bond acceptors (Lipinski definition) is 3. The molecule has 1 aromatic rings. The van der Waals surface area contributed by atoms with Crippen LogP contribution in [0, 0.1) is 0 Å². The Balaban J connectivity index is 2.12. The van der Waals surface area contributed by atoms with Crippen LogP contribution < -0.4 is 5.32 Å². The van der Waals surface area contributed by atoms with Crippen LogP contribution in [0.2, 0.25) is 0 Å². The Labute approximate surface area is 115 Å². The Bertz CT molecular complexity index is 592. The zero-order valence-electron chi connectivity index (χ0n) is 11.5. The second kappa shape index (κ2) is 4.32. The van der Waals surface area contributed by atoms with Crippen LogP contribution in [0.15, 0.2) is 24.3 Å². The van der Waals surface area contributed by atoms with E-state index in [2.05, 4.69) is 17.4 Å². The van der Waals surface area contributed by atoms with Gasteiger partial charge in [0.15, 0.2) is 9.84 Å². The maximum Gasteiger partial charge on any atom is 0.156 e. The van der Waals surface area contributed by atoms with Gasteiger partial charge in [0.05, 0.1) is 11.0 Å². The topological polar surface area (TPSA) is 46.2 Å². The predicted octanol–water partition coefficient (Wildman–Crippen LogP) is 2.23. The van der Waals surface area contributed by atoms with Gasteiger partial charge in [-0.3, -0.25) is 0 Å².